The van der Waals surface area contributed by atoms with E-state index in [2.05, 4.69) is 5.32 Å². The predicted octanol–water partition coefficient (Wildman–Crippen LogP) is 2.33. The monoisotopic (exact) mass is 468 g/mol. The fourth-order valence-corrected chi connectivity index (χ4v) is 6.42. The summed E-state index contributed by atoms with van der Waals surface area (Å²) in [5, 5.41) is 13.1. The molecule has 1 fully saturated rings. The fraction of sp³-hybridized carbons (Fsp3) is 0.476. The Labute approximate surface area is 186 Å². The quantitative estimate of drug-likeness (QED) is 0.585. The van der Waals surface area contributed by atoms with Gasteiger partial charge < -0.3 is 19.9 Å². The van der Waals surface area contributed by atoms with Gasteiger partial charge in [0.1, 0.15) is 15.7 Å². The van der Waals surface area contributed by atoms with Crippen LogP contribution >= 0.6 is 11.3 Å². The molecular formula is C21H28N2O6S2. The number of benzene rings is 1. The number of carbonyl (C=O) groups is 1. The first-order valence-corrected chi connectivity index (χ1v) is 12.4. The lowest BCUT2D eigenvalue weighted by atomic mass is 10.1. The predicted molar refractivity (Wildman–Crippen MR) is 118 cm³/mol. The second-order valence-electron chi connectivity index (χ2n) is 7.33. The van der Waals surface area contributed by atoms with Crippen molar-refractivity contribution in [1.82, 2.24) is 9.62 Å². The van der Waals surface area contributed by atoms with Crippen molar-refractivity contribution in [2.24, 2.45) is 0 Å². The molecule has 2 heterocycles. The van der Waals surface area contributed by atoms with Crippen molar-refractivity contribution in [2.75, 3.05) is 33.9 Å². The van der Waals surface area contributed by atoms with E-state index < -0.39 is 16.1 Å². The van der Waals surface area contributed by atoms with Crippen LogP contribution in [0.3, 0.4) is 0 Å². The summed E-state index contributed by atoms with van der Waals surface area (Å²) in [6.45, 7) is 1.10. The number of methoxy groups -OCH3 is 2. The zero-order valence-corrected chi connectivity index (χ0v) is 19.3. The maximum Gasteiger partial charge on any atom is 0.252 e. The van der Waals surface area contributed by atoms with E-state index in [1.807, 2.05) is 0 Å². The smallest absolute Gasteiger partial charge is 0.252 e. The number of nitrogens with zero attached hydrogens (tertiary/aromatic N) is 1. The molecule has 1 aliphatic rings. The highest BCUT2D eigenvalue weighted by molar-refractivity contribution is 7.91. The third-order valence-electron chi connectivity index (χ3n) is 5.13. The molecule has 2 N–H and O–H groups in total. The minimum atomic E-state index is -3.50. The van der Waals surface area contributed by atoms with Crippen molar-refractivity contribution in [3.63, 3.8) is 0 Å². The van der Waals surface area contributed by atoms with E-state index >= 15 is 0 Å². The maximum absolute atomic E-state index is 12.7. The van der Waals surface area contributed by atoms with Crippen LogP contribution in [0.1, 0.15) is 35.8 Å². The Balaban J connectivity index is 1.57. The first-order valence-electron chi connectivity index (χ1n) is 10.1. The van der Waals surface area contributed by atoms with Gasteiger partial charge in [-0.3, -0.25) is 4.79 Å². The van der Waals surface area contributed by atoms with Crippen LogP contribution in [0, 0.1) is 0 Å². The molecule has 0 spiro atoms. The SMILES string of the molecule is COc1cc(OC)cc(C(O)CNC(=O)Cc2ccc(S(=O)(=O)N3CCCCC3)s2)c1. The van der Waals surface area contributed by atoms with E-state index in [1.54, 1.807) is 30.3 Å². The van der Waals surface area contributed by atoms with Gasteiger partial charge in [0.15, 0.2) is 0 Å². The van der Waals surface area contributed by atoms with Gasteiger partial charge in [-0.1, -0.05) is 6.42 Å². The van der Waals surface area contributed by atoms with Crippen LogP contribution in [-0.2, 0) is 21.2 Å². The summed E-state index contributed by atoms with van der Waals surface area (Å²) in [6, 6.07) is 8.28. The average molecular weight is 469 g/mol. The second-order valence-corrected chi connectivity index (χ2v) is 10.7. The van der Waals surface area contributed by atoms with Gasteiger partial charge in [-0.2, -0.15) is 4.31 Å². The summed E-state index contributed by atoms with van der Waals surface area (Å²) in [7, 11) is -0.453. The Morgan fingerprint density at radius 2 is 1.77 bits per heavy atom. The maximum atomic E-state index is 12.7. The van der Waals surface area contributed by atoms with E-state index in [-0.39, 0.29) is 23.1 Å². The molecule has 2 aromatic rings. The van der Waals surface area contributed by atoms with E-state index in [0.717, 1.165) is 30.6 Å². The van der Waals surface area contributed by atoms with Crippen LogP contribution < -0.4 is 14.8 Å². The molecule has 0 aliphatic carbocycles. The molecule has 1 aromatic heterocycles. The summed E-state index contributed by atoms with van der Waals surface area (Å²) < 4.78 is 37.7. The van der Waals surface area contributed by atoms with Crippen molar-refractivity contribution in [3.05, 3.63) is 40.8 Å². The van der Waals surface area contributed by atoms with E-state index in [4.69, 9.17) is 9.47 Å². The summed E-state index contributed by atoms with van der Waals surface area (Å²) in [4.78, 5) is 13.0. The molecule has 0 bridgehead atoms. The van der Waals surface area contributed by atoms with Gasteiger partial charge in [0.05, 0.1) is 26.7 Å². The largest absolute Gasteiger partial charge is 0.497 e. The molecular weight excluding hydrogens is 440 g/mol. The fourth-order valence-electron chi connectivity index (χ4n) is 3.40. The number of hydrogen-bond donors (Lipinski definition) is 2. The summed E-state index contributed by atoms with van der Waals surface area (Å²) in [5.74, 6) is 0.791. The van der Waals surface area contributed by atoms with E-state index in [1.165, 1.54) is 18.5 Å². The molecule has 170 valence electrons. The van der Waals surface area contributed by atoms with Gasteiger partial charge in [-0.15, -0.1) is 11.3 Å². The number of aliphatic hydroxyl groups is 1. The van der Waals surface area contributed by atoms with Crippen LogP contribution in [0.4, 0.5) is 0 Å². The first-order chi connectivity index (χ1) is 14.8. The summed E-state index contributed by atoms with van der Waals surface area (Å²) in [6.07, 6.45) is 1.92. The number of rotatable bonds is 9. The highest BCUT2D eigenvalue weighted by atomic mass is 32.2. The number of aliphatic hydroxyl groups excluding tert-OH is 1. The normalized spacial score (nSPS) is 16.0. The number of carbonyl (C=O) groups excluding carboxylic acids is 1. The Bertz CT molecular complexity index is 977. The third kappa shape index (κ3) is 5.97. The number of hydrogen-bond acceptors (Lipinski definition) is 7. The second kappa shape index (κ2) is 10.4. The van der Waals surface area contributed by atoms with Crippen LogP contribution in [0.5, 0.6) is 11.5 Å². The molecule has 1 aliphatic heterocycles. The highest BCUT2D eigenvalue weighted by Gasteiger charge is 2.27. The van der Waals surface area contributed by atoms with Crippen molar-refractivity contribution in [3.8, 4) is 11.5 Å². The third-order valence-corrected chi connectivity index (χ3v) is 8.58. The van der Waals surface area contributed by atoms with Gasteiger partial charge in [0, 0.05) is 30.6 Å². The van der Waals surface area contributed by atoms with Crippen LogP contribution in [-0.4, -0.2) is 57.6 Å². The van der Waals surface area contributed by atoms with Crippen molar-refractivity contribution in [2.45, 2.75) is 36.0 Å². The molecule has 1 unspecified atom stereocenters. The van der Waals surface area contributed by atoms with Gasteiger partial charge in [0.25, 0.3) is 10.0 Å². The molecule has 1 atom stereocenters. The minimum absolute atomic E-state index is 0.0134. The first kappa shape index (κ1) is 23.5. The van der Waals surface area contributed by atoms with Crippen LogP contribution in [0.15, 0.2) is 34.5 Å². The van der Waals surface area contributed by atoms with E-state index in [9.17, 15) is 18.3 Å². The molecule has 0 radical (unpaired) electrons. The molecule has 31 heavy (non-hydrogen) atoms. The lowest BCUT2D eigenvalue weighted by Crippen LogP contribution is -2.35. The van der Waals surface area contributed by atoms with Gasteiger partial charge in [-0.05, 0) is 42.7 Å². The van der Waals surface area contributed by atoms with Gasteiger partial charge >= 0.3 is 0 Å². The molecule has 0 saturated carbocycles. The topological polar surface area (TPSA) is 105 Å². The van der Waals surface area contributed by atoms with Crippen molar-refractivity contribution >= 4 is 27.3 Å². The van der Waals surface area contributed by atoms with Gasteiger partial charge in [-0.25, -0.2) is 8.42 Å². The Morgan fingerprint density at radius 1 is 1.13 bits per heavy atom. The summed E-state index contributed by atoms with van der Waals surface area (Å²) in [5.41, 5.74) is 0.558. The van der Waals surface area contributed by atoms with Crippen molar-refractivity contribution < 1.29 is 27.8 Å². The molecule has 8 nitrogen and oxygen atoms in total. The number of ether oxygens (including phenoxy) is 2. The highest BCUT2D eigenvalue weighted by Crippen LogP contribution is 2.28. The lowest BCUT2D eigenvalue weighted by Gasteiger charge is -2.25. The number of amides is 1. The Morgan fingerprint density at radius 3 is 2.39 bits per heavy atom. The van der Waals surface area contributed by atoms with Crippen LogP contribution in [0.25, 0.3) is 0 Å². The molecule has 1 amide bonds. The van der Waals surface area contributed by atoms with Crippen molar-refractivity contribution in [1.29, 1.82) is 0 Å². The zero-order chi connectivity index (χ0) is 22.4. The molecule has 10 heteroatoms. The average Bonchev–Trinajstić information content (AvgIpc) is 3.26. The molecule has 3 rings (SSSR count). The summed E-state index contributed by atoms with van der Waals surface area (Å²) >= 11 is 1.12. The number of nitrogens with one attached hydrogen (secondary N) is 1. The Kier molecular flexibility index (Phi) is 7.93. The number of piperidine rings is 1. The molecule has 1 aromatic carbocycles. The van der Waals surface area contributed by atoms with Crippen LogP contribution in [0.2, 0.25) is 0 Å². The Hall–Kier alpha value is -2.14. The molecule has 1 saturated heterocycles. The number of thiophene rings is 1. The minimum Gasteiger partial charge on any atom is -0.497 e. The standard InChI is InChI=1S/C21H28N2O6S2/c1-28-16-10-15(11-17(12-16)29-2)19(24)14-22-20(25)13-18-6-7-21(30-18)31(26,27)23-8-4-3-5-9-23/h6-7,10-12,19,24H,3-5,8-9,13-14H2,1-2H3,(H,22,25). The number of sulfonamides is 1. The lowest BCUT2D eigenvalue weighted by molar-refractivity contribution is -0.120. The zero-order valence-electron chi connectivity index (χ0n) is 17.7. The van der Waals surface area contributed by atoms with E-state index in [0.29, 0.717) is 35.0 Å². The van der Waals surface area contributed by atoms with Gasteiger partial charge in [0.2, 0.25) is 5.91 Å².